The van der Waals surface area contributed by atoms with Crippen molar-refractivity contribution < 1.29 is 18.0 Å². The van der Waals surface area contributed by atoms with Crippen LogP contribution in [0.4, 0.5) is 0 Å². The predicted octanol–water partition coefficient (Wildman–Crippen LogP) is 3.84. The molecule has 1 aromatic heterocycles. The minimum atomic E-state index is -3.12. The molecule has 2 aromatic carbocycles. The number of hydrogen-bond donors (Lipinski definition) is 0. The normalized spacial score (nSPS) is 11.8. The molecular formula is C17H16NO5P. The van der Waals surface area contributed by atoms with Crippen molar-refractivity contribution in [3.05, 3.63) is 64.5 Å². The Hall–Kier alpha value is -2.27. The van der Waals surface area contributed by atoms with E-state index in [-0.39, 0.29) is 12.1 Å². The minimum absolute atomic E-state index is 0.162. The molecular weight excluding hydrogens is 329 g/mol. The highest BCUT2D eigenvalue weighted by atomic mass is 31.2. The lowest BCUT2D eigenvalue weighted by Gasteiger charge is -2.13. The van der Waals surface area contributed by atoms with Crippen molar-refractivity contribution in [2.75, 3.05) is 14.2 Å². The number of nitrogens with zero attached hydrogens (tertiary/aromatic N) is 1. The maximum Gasteiger partial charge on any atom is 0.347 e. The SMILES string of the molecule is COP(=O)(Cc1ccc(-c2nc3ccccc3c(=O)o2)cc1)OC. The third-order valence-corrected chi connectivity index (χ3v) is 5.53. The van der Waals surface area contributed by atoms with Crippen molar-refractivity contribution in [3.8, 4) is 11.5 Å². The van der Waals surface area contributed by atoms with Gasteiger partial charge in [-0.25, -0.2) is 9.78 Å². The summed E-state index contributed by atoms with van der Waals surface area (Å²) in [6.45, 7) is 0. The molecule has 0 atom stereocenters. The van der Waals surface area contributed by atoms with Crippen molar-refractivity contribution in [1.29, 1.82) is 0 Å². The summed E-state index contributed by atoms with van der Waals surface area (Å²) in [5.41, 5.74) is 1.60. The lowest BCUT2D eigenvalue weighted by atomic mass is 10.1. The zero-order valence-corrected chi connectivity index (χ0v) is 14.2. The summed E-state index contributed by atoms with van der Waals surface area (Å²) in [7, 11) is -0.413. The molecule has 0 unspecified atom stereocenters. The van der Waals surface area contributed by atoms with E-state index in [1.165, 1.54) is 14.2 Å². The third kappa shape index (κ3) is 3.31. The maximum atomic E-state index is 12.1. The fourth-order valence-electron chi connectivity index (χ4n) is 2.32. The molecule has 0 spiro atoms. The van der Waals surface area contributed by atoms with Crippen molar-refractivity contribution in [1.82, 2.24) is 4.98 Å². The van der Waals surface area contributed by atoms with E-state index in [9.17, 15) is 9.36 Å². The summed E-state index contributed by atoms with van der Waals surface area (Å²) in [6, 6.07) is 14.1. The van der Waals surface area contributed by atoms with E-state index in [1.54, 1.807) is 42.5 Å². The first-order valence-electron chi connectivity index (χ1n) is 7.24. The molecule has 3 rings (SSSR count). The largest absolute Gasteiger partial charge is 0.403 e. The van der Waals surface area contributed by atoms with E-state index in [1.807, 2.05) is 6.07 Å². The summed E-state index contributed by atoms with van der Waals surface area (Å²) in [5.74, 6) is 0.243. The molecule has 7 heteroatoms. The van der Waals surface area contributed by atoms with Crippen LogP contribution in [0.5, 0.6) is 0 Å². The summed E-state index contributed by atoms with van der Waals surface area (Å²) in [5, 5.41) is 0.444. The van der Waals surface area contributed by atoms with Gasteiger partial charge in [0, 0.05) is 19.8 Å². The van der Waals surface area contributed by atoms with Crippen LogP contribution in [0.15, 0.2) is 57.7 Å². The topological polar surface area (TPSA) is 78.6 Å². The minimum Gasteiger partial charge on any atom is -0.403 e. The van der Waals surface area contributed by atoms with Crippen molar-refractivity contribution in [3.63, 3.8) is 0 Å². The molecule has 0 aliphatic rings. The lowest BCUT2D eigenvalue weighted by Crippen LogP contribution is -2.02. The van der Waals surface area contributed by atoms with Crippen molar-refractivity contribution in [2.45, 2.75) is 6.16 Å². The van der Waals surface area contributed by atoms with Crippen molar-refractivity contribution >= 4 is 18.5 Å². The number of benzene rings is 2. The van der Waals surface area contributed by atoms with Gasteiger partial charge in [-0.3, -0.25) is 4.57 Å². The number of hydrogen-bond acceptors (Lipinski definition) is 6. The monoisotopic (exact) mass is 345 g/mol. The van der Waals surface area contributed by atoms with Gasteiger partial charge < -0.3 is 13.5 Å². The predicted molar refractivity (Wildman–Crippen MR) is 91.0 cm³/mol. The highest BCUT2D eigenvalue weighted by Gasteiger charge is 2.21. The fraction of sp³-hybridized carbons (Fsp3) is 0.176. The first-order valence-corrected chi connectivity index (χ1v) is 8.97. The Morgan fingerprint density at radius 2 is 1.71 bits per heavy atom. The first-order chi connectivity index (χ1) is 11.5. The van der Waals surface area contributed by atoms with Crippen LogP contribution in [0, 0.1) is 0 Å². The van der Waals surface area contributed by atoms with Crippen LogP contribution >= 0.6 is 7.60 Å². The lowest BCUT2D eigenvalue weighted by molar-refractivity contribution is 0.275. The highest BCUT2D eigenvalue weighted by Crippen LogP contribution is 2.49. The molecule has 0 N–H and O–H groups in total. The summed E-state index contributed by atoms with van der Waals surface area (Å²) in [6.07, 6.45) is 0.162. The average molecular weight is 345 g/mol. The van der Waals surface area contributed by atoms with Gasteiger partial charge in [0.05, 0.1) is 17.1 Å². The zero-order valence-electron chi connectivity index (χ0n) is 13.3. The van der Waals surface area contributed by atoms with Gasteiger partial charge in [-0.2, -0.15) is 0 Å². The van der Waals surface area contributed by atoms with E-state index >= 15 is 0 Å². The molecule has 0 saturated carbocycles. The fourth-order valence-corrected chi connectivity index (χ4v) is 3.39. The maximum absolute atomic E-state index is 12.1. The number of aromatic nitrogens is 1. The van der Waals surface area contributed by atoms with Crippen LogP contribution in [0.25, 0.3) is 22.4 Å². The molecule has 24 heavy (non-hydrogen) atoms. The number of para-hydroxylation sites is 1. The Kier molecular flexibility index (Phi) is 4.62. The average Bonchev–Trinajstić information content (AvgIpc) is 2.62. The highest BCUT2D eigenvalue weighted by molar-refractivity contribution is 7.52. The van der Waals surface area contributed by atoms with Crippen LogP contribution in [0.3, 0.4) is 0 Å². The van der Waals surface area contributed by atoms with Gasteiger partial charge in [-0.15, -0.1) is 0 Å². The molecule has 124 valence electrons. The van der Waals surface area contributed by atoms with Crippen molar-refractivity contribution in [2.24, 2.45) is 0 Å². The molecule has 3 aromatic rings. The van der Waals surface area contributed by atoms with Gasteiger partial charge in [-0.05, 0) is 29.8 Å². The molecule has 1 heterocycles. The zero-order chi connectivity index (χ0) is 17.2. The van der Waals surface area contributed by atoms with Crippen LogP contribution < -0.4 is 5.63 Å². The molecule has 0 aliphatic heterocycles. The molecule has 0 bridgehead atoms. The van der Waals surface area contributed by atoms with E-state index in [0.29, 0.717) is 16.5 Å². The molecule has 0 amide bonds. The van der Waals surface area contributed by atoms with E-state index < -0.39 is 13.2 Å². The summed E-state index contributed by atoms with van der Waals surface area (Å²) >= 11 is 0. The van der Waals surface area contributed by atoms with Gasteiger partial charge >= 0.3 is 13.2 Å². The quantitative estimate of drug-likeness (QED) is 0.654. The second kappa shape index (κ2) is 6.69. The van der Waals surface area contributed by atoms with E-state index in [0.717, 1.165) is 5.56 Å². The molecule has 0 saturated heterocycles. The van der Waals surface area contributed by atoms with Crippen LogP contribution in [0.2, 0.25) is 0 Å². The van der Waals surface area contributed by atoms with Crippen LogP contribution in [0.1, 0.15) is 5.56 Å². The van der Waals surface area contributed by atoms with Crippen LogP contribution in [-0.2, 0) is 19.8 Å². The van der Waals surface area contributed by atoms with Gasteiger partial charge in [0.2, 0.25) is 5.89 Å². The van der Waals surface area contributed by atoms with Gasteiger partial charge in [0.15, 0.2) is 0 Å². The first kappa shape index (κ1) is 16.6. The molecule has 0 aliphatic carbocycles. The van der Waals surface area contributed by atoms with Gasteiger partial charge in [0.25, 0.3) is 0 Å². The van der Waals surface area contributed by atoms with E-state index in [2.05, 4.69) is 4.98 Å². The Balaban J connectivity index is 1.94. The third-order valence-electron chi connectivity index (χ3n) is 3.67. The van der Waals surface area contributed by atoms with Crippen LogP contribution in [-0.4, -0.2) is 19.2 Å². The molecule has 6 nitrogen and oxygen atoms in total. The molecule has 0 fully saturated rings. The number of rotatable bonds is 5. The second-order valence-electron chi connectivity index (χ2n) is 5.15. The second-order valence-corrected chi connectivity index (χ2v) is 7.42. The van der Waals surface area contributed by atoms with Gasteiger partial charge in [-0.1, -0.05) is 24.3 Å². The molecule has 0 radical (unpaired) electrons. The Labute approximate surface area is 138 Å². The van der Waals surface area contributed by atoms with E-state index in [4.69, 9.17) is 13.5 Å². The Morgan fingerprint density at radius 3 is 2.38 bits per heavy atom. The standard InChI is InChI=1S/C17H16NO5P/c1-21-24(20,22-2)11-12-7-9-13(10-8-12)16-18-15-6-4-3-5-14(15)17(19)23-16/h3-10H,11H2,1-2H3. The summed E-state index contributed by atoms with van der Waals surface area (Å²) in [4.78, 5) is 16.4. The Morgan fingerprint density at radius 1 is 1.04 bits per heavy atom. The number of fused-ring (bicyclic) bond motifs is 1. The summed E-state index contributed by atoms with van der Waals surface area (Å²) < 4.78 is 27.3. The Bertz CT molecular complexity index is 957. The smallest absolute Gasteiger partial charge is 0.347 e. The van der Waals surface area contributed by atoms with Gasteiger partial charge in [0.1, 0.15) is 0 Å².